The number of nitrogens with one attached hydrogen (secondary N) is 1. The van der Waals surface area contributed by atoms with Crippen LogP contribution in [0.3, 0.4) is 0 Å². The van der Waals surface area contributed by atoms with Crippen LogP contribution in [0.4, 0.5) is 10.1 Å². The lowest BCUT2D eigenvalue weighted by atomic mass is 10.0. The third-order valence-corrected chi connectivity index (χ3v) is 5.98. The normalized spacial score (nSPS) is 17.6. The number of ether oxygens (including phenoxy) is 1. The Morgan fingerprint density at radius 2 is 1.74 bits per heavy atom. The highest BCUT2D eigenvalue weighted by atomic mass is 35.5. The molecular formula is C23H23ClFN3O3. The fraction of sp³-hybridized carbons (Fsp3) is 0.304. The van der Waals surface area contributed by atoms with Crippen molar-refractivity contribution in [2.24, 2.45) is 0 Å². The maximum absolute atomic E-state index is 13.5. The standard InChI is InChI=1S/C23H23ClFN3O3/c1-15-18(24)3-2-4-19(15)26-21-20(16-5-7-17(25)8-6-16)22(29)28(23(21)30)10-9-27-11-13-31-14-12-27/h2-8,26H,9-14H2,1H3. The number of rotatable bonds is 6. The fourth-order valence-electron chi connectivity index (χ4n) is 3.72. The molecule has 2 aromatic rings. The van der Waals surface area contributed by atoms with Crippen molar-refractivity contribution in [1.29, 1.82) is 0 Å². The molecule has 0 aromatic heterocycles. The van der Waals surface area contributed by atoms with Crippen LogP contribution < -0.4 is 5.32 Å². The van der Waals surface area contributed by atoms with E-state index in [0.29, 0.717) is 36.0 Å². The second-order valence-electron chi connectivity index (χ2n) is 7.51. The van der Waals surface area contributed by atoms with Crippen LogP contribution in [0.15, 0.2) is 48.2 Å². The summed E-state index contributed by atoms with van der Waals surface area (Å²) >= 11 is 6.22. The Morgan fingerprint density at radius 1 is 1.03 bits per heavy atom. The molecule has 8 heteroatoms. The molecule has 1 saturated heterocycles. The molecule has 0 saturated carbocycles. The van der Waals surface area contributed by atoms with Crippen molar-refractivity contribution in [1.82, 2.24) is 9.80 Å². The smallest absolute Gasteiger partial charge is 0.278 e. The van der Waals surface area contributed by atoms with Crippen LogP contribution in [0.1, 0.15) is 11.1 Å². The van der Waals surface area contributed by atoms with Crippen molar-refractivity contribution < 1.29 is 18.7 Å². The fourth-order valence-corrected chi connectivity index (χ4v) is 3.90. The van der Waals surface area contributed by atoms with E-state index in [9.17, 15) is 14.0 Å². The van der Waals surface area contributed by atoms with E-state index in [1.807, 2.05) is 6.92 Å². The largest absolute Gasteiger partial charge is 0.379 e. The van der Waals surface area contributed by atoms with Gasteiger partial charge < -0.3 is 10.1 Å². The summed E-state index contributed by atoms with van der Waals surface area (Å²) in [5.41, 5.74) is 2.28. The third kappa shape index (κ3) is 4.49. The van der Waals surface area contributed by atoms with Gasteiger partial charge in [0, 0.05) is 36.9 Å². The Hall–Kier alpha value is -2.74. The molecule has 1 N–H and O–H groups in total. The number of halogens is 2. The molecule has 1 fully saturated rings. The summed E-state index contributed by atoms with van der Waals surface area (Å²) in [6, 6.07) is 10.9. The van der Waals surface area contributed by atoms with Crippen LogP contribution in [-0.4, -0.2) is 61.0 Å². The molecular weight excluding hydrogens is 421 g/mol. The van der Waals surface area contributed by atoms with E-state index in [2.05, 4.69) is 10.2 Å². The Morgan fingerprint density at radius 3 is 2.45 bits per heavy atom. The lowest BCUT2D eigenvalue weighted by Gasteiger charge is -2.28. The molecule has 0 bridgehead atoms. The minimum atomic E-state index is -0.412. The number of benzene rings is 2. The number of hydrogen-bond donors (Lipinski definition) is 1. The van der Waals surface area contributed by atoms with Gasteiger partial charge in [-0.2, -0.15) is 0 Å². The van der Waals surface area contributed by atoms with Crippen molar-refractivity contribution in [3.63, 3.8) is 0 Å². The van der Waals surface area contributed by atoms with E-state index < -0.39 is 17.6 Å². The summed E-state index contributed by atoms with van der Waals surface area (Å²) in [7, 11) is 0. The zero-order chi connectivity index (χ0) is 22.0. The van der Waals surface area contributed by atoms with E-state index in [4.69, 9.17) is 16.3 Å². The number of carbonyl (C=O) groups is 2. The van der Waals surface area contributed by atoms with Gasteiger partial charge in [-0.1, -0.05) is 29.8 Å². The van der Waals surface area contributed by atoms with Gasteiger partial charge in [0.25, 0.3) is 11.8 Å². The summed E-state index contributed by atoms with van der Waals surface area (Å²) < 4.78 is 18.8. The van der Waals surface area contributed by atoms with Crippen molar-refractivity contribution in [2.45, 2.75) is 6.92 Å². The molecule has 2 heterocycles. The monoisotopic (exact) mass is 443 g/mol. The van der Waals surface area contributed by atoms with Gasteiger partial charge in [-0.3, -0.25) is 19.4 Å². The molecule has 4 rings (SSSR count). The molecule has 0 spiro atoms. The molecule has 0 radical (unpaired) electrons. The number of carbonyl (C=O) groups excluding carboxylic acids is 2. The Bertz CT molecular complexity index is 1030. The zero-order valence-electron chi connectivity index (χ0n) is 17.2. The first-order valence-corrected chi connectivity index (χ1v) is 10.5. The van der Waals surface area contributed by atoms with Gasteiger partial charge >= 0.3 is 0 Å². The van der Waals surface area contributed by atoms with E-state index >= 15 is 0 Å². The van der Waals surface area contributed by atoms with Crippen LogP contribution in [0.25, 0.3) is 5.57 Å². The molecule has 6 nitrogen and oxygen atoms in total. The first kappa shape index (κ1) is 21.5. The van der Waals surface area contributed by atoms with Crippen molar-refractivity contribution in [2.75, 3.05) is 44.7 Å². The topological polar surface area (TPSA) is 61.9 Å². The van der Waals surface area contributed by atoms with E-state index in [1.165, 1.54) is 29.2 Å². The summed E-state index contributed by atoms with van der Waals surface area (Å²) in [6.45, 7) is 5.48. The highest BCUT2D eigenvalue weighted by Crippen LogP contribution is 2.32. The third-order valence-electron chi connectivity index (χ3n) is 5.57. The van der Waals surface area contributed by atoms with Gasteiger partial charge in [0.2, 0.25) is 0 Å². The maximum atomic E-state index is 13.5. The van der Waals surface area contributed by atoms with E-state index in [-0.39, 0.29) is 17.8 Å². The SMILES string of the molecule is Cc1c(Cl)cccc1NC1=C(c2ccc(F)cc2)C(=O)N(CCN2CCOCC2)C1=O. The van der Waals surface area contributed by atoms with Crippen LogP contribution in [-0.2, 0) is 14.3 Å². The van der Waals surface area contributed by atoms with E-state index in [0.717, 1.165) is 18.7 Å². The highest BCUT2D eigenvalue weighted by Gasteiger charge is 2.39. The first-order chi connectivity index (χ1) is 15.0. The number of amides is 2. The van der Waals surface area contributed by atoms with Crippen molar-refractivity contribution in [3.8, 4) is 0 Å². The lowest BCUT2D eigenvalue weighted by Crippen LogP contribution is -2.43. The summed E-state index contributed by atoms with van der Waals surface area (Å²) in [6.07, 6.45) is 0. The second kappa shape index (κ2) is 9.18. The van der Waals surface area contributed by atoms with Crippen molar-refractivity contribution >= 4 is 34.7 Å². The second-order valence-corrected chi connectivity index (χ2v) is 7.92. The molecule has 2 aliphatic rings. The van der Waals surface area contributed by atoms with Gasteiger partial charge in [-0.05, 0) is 42.3 Å². The molecule has 2 amide bonds. The van der Waals surface area contributed by atoms with Gasteiger partial charge in [-0.15, -0.1) is 0 Å². The number of nitrogens with zero attached hydrogens (tertiary/aromatic N) is 2. The predicted molar refractivity (Wildman–Crippen MR) is 117 cm³/mol. The predicted octanol–water partition coefficient (Wildman–Crippen LogP) is 3.31. The lowest BCUT2D eigenvalue weighted by molar-refractivity contribution is -0.137. The van der Waals surface area contributed by atoms with E-state index in [1.54, 1.807) is 18.2 Å². The van der Waals surface area contributed by atoms with Gasteiger partial charge in [0.1, 0.15) is 11.5 Å². The van der Waals surface area contributed by atoms with Crippen LogP contribution in [0.2, 0.25) is 5.02 Å². The summed E-state index contributed by atoms with van der Waals surface area (Å²) in [5, 5.41) is 3.67. The highest BCUT2D eigenvalue weighted by molar-refractivity contribution is 6.36. The summed E-state index contributed by atoms with van der Waals surface area (Å²) in [5.74, 6) is -1.21. The molecule has 0 aliphatic carbocycles. The minimum Gasteiger partial charge on any atom is -0.379 e. The first-order valence-electron chi connectivity index (χ1n) is 10.1. The van der Waals surface area contributed by atoms with Gasteiger partial charge in [0.15, 0.2) is 0 Å². The number of anilines is 1. The minimum absolute atomic E-state index is 0.170. The molecule has 31 heavy (non-hydrogen) atoms. The number of hydrogen-bond acceptors (Lipinski definition) is 5. The molecule has 0 atom stereocenters. The number of imide groups is 1. The maximum Gasteiger partial charge on any atom is 0.278 e. The summed E-state index contributed by atoms with van der Waals surface area (Å²) in [4.78, 5) is 30.0. The Labute approximate surface area is 185 Å². The van der Waals surface area contributed by atoms with Gasteiger partial charge in [-0.25, -0.2) is 4.39 Å². The molecule has 162 valence electrons. The van der Waals surface area contributed by atoms with Crippen LogP contribution in [0.5, 0.6) is 0 Å². The quantitative estimate of drug-likeness (QED) is 0.694. The molecule has 2 aromatic carbocycles. The van der Waals surface area contributed by atoms with Crippen LogP contribution in [0, 0.1) is 12.7 Å². The van der Waals surface area contributed by atoms with Crippen molar-refractivity contribution in [3.05, 3.63) is 70.1 Å². The average Bonchev–Trinajstić information content (AvgIpc) is 3.00. The molecule has 0 unspecified atom stereocenters. The average molecular weight is 444 g/mol. The zero-order valence-corrected chi connectivity index (χ0v) is 17.9. The Balaban J connectivity index is 1.65. The van der Waals surface area contributed by atoms with Gasteiger partial charge in [0.05, 0.1) is 18.8 Å². The van der Waals surface area contributed by atoms with Crippen LogP contribution >= 0.6 is 11.6 Å². The number of morpholine rings is 1. The molecule has 2 aliphatic heterocycles. The Kier molecular flexibility index (Phi) is 6.36.